The van der Waals surface area contributed by atoms with Crippen LogP contribution in [-0.2, 0) is 16.2 Å². The first-order chi connectivity index (χ1) is 71.5. The molecule has 0 bridgehead atoms. The zero-order valence-corrected chi connectivity index (χ0v) is 82.1. The molecule has 0 radical (unpaired) electrons. The lowest BCUT2D eigenvalue weighted by Crippen LogP contribution is -2.24. The molecule has 6 heterocycles. The third-order valence-corrected chi connectivity index (χ3v) is 29.9. The van der Waals surface area contributed by atoms with E-state index in [1.165, 1.54) is 145 Å². The number of hydrogen-bond donors (Lipinski definition) is 0. The van der Waals surface area contributed by atoms with Crippen molar-refractivity contribution in [1.29, 1.82) is 0 Å². The van der Waals surface area contributed by atoms with E-state index in [0.29, 0.717) is 0 Å². The quantitative estimate of drug-likeness (QED) is 0.102. The standard InChI is InChI=1S/C46H36N2O.C45H33FN2O.C45H34N2O/c1-31-17-22-35(23-18-31)47(37-26-27-41-45(30-37)49-44-16-10-8-14-40(44)46(41,2)3)36-24-19-32(20-25-36)33-21-28-43-39(29-33)38-13-7-9-15-42(38)48(43)34-11-5-4-6-12-34;1-45(2)39-13-7-9-15-43(39)49-44-29-36(25-26-40(44)45)47(35-23-19-32(46)20-24-35)34-21-16-30(17-22-34)31-18-27-42-38(28-31)37-12-6-8-14-41(37)48(42)33-10-4-3-5-11-33;1-45(2)39-18-10-12-20-43(39)48-44-30-36(26-27-40(44)45)46(33-13-5-3-6-14-33)35-24-21-31(22-25-35)32-23-28-42-38(29-32)37-17-9-11-19-41(37)47(42)34-15-7-4-8-16-34/h4-30H,1-3H3;3-29H,1-2H3;3-30H,1-2H3. The van der Waals surface area contributed by atoms with Gasteiger partial charge in [0.1, 0.15) is 40.3 Å². The number of aryl methyl sites for hydroxylation is 1. The topological polar surface area (TPSA) is 52.2 Å². The van der Waals surface area contributed by atoms with Crippen LogP contribution in [0.5, 0.6) is 34.5 Å². The van der Waals surface area contributed by atoms with Crippen molar-refractivity contribution >= 4 is 117 Å². The number of nitrogens with zero attached hydrogens (tertiary/aromatic N) is 6. The Morgan fingerprint density at radius 2 is 0.411 bits per heavy atom. The van der Waals surface area contributed by atoms with Gasteiger partial charge in [-0.3, -0.25) is 0 Å². The maximum Gasteiger partial charge on any atom is 0.133 e. The molecule has 3 aromatic heterocycles. The molecular formula is C136H103FN6O3. The molecule has 0 saturated carbocycles. The molecule has 3 aliphatic heterocycles. The number of aromatic nitrogens is 3. The van der Waals surface area contributed by atoms with E-state index in [2.05, 4.69) is 526 Å². The van der Waals surface area contributed by atoms with E-state index in [4.69, 9.17) is 14.2 Å². The third-order valence-electron chi connectivity index (χ3n) is 29.9. The Morgan fingerprint density at radius 1 is 0.185 bits per heavy atom. The lowest BCUT2D eigenvalue weighted by molar-refractivity contribution is 0.418. The maximum atomic E-state index is 14.1. The van der Waals surface area contributed by atoms with Gasteiger partial charge >= 0.3 is 0 Å². The van der Waals surface area contributed by atoms with Crippen LogP contribution in [0.25, 0.3) is 116 Å². The fraction of sp³-hybridized carbons (Fsp3) is 0.0735. The minimum Gasteiger partial charge on any atom is -0.457 e. The van der Waals surface area contributed by atoms with Crippen LogP contribution in [0.3, 0.4) is 0 Å². The highest BCUT2D eigenvalue weighted by atomic mass is 19.1. The maximum absolute atomic E-state index is 14.1. The number of halogens is 1. The van der Waals surface area contributed by atoms with E-state index >= 15 is 0 Å². The summed E-state index contributed by atoms with van der Waals surface area (Å²) in [5, 5.41) is 7.45. The van der Waals surface area contributed by atoms with Crippen molar-refractivity contribution < 1.29 is 18.6 Å². The molecule has 0 unspecified atom stereocenters. The number of para-hydroxylation sites is 10. The molecule has 0 saturated heterocycles. The average molecular weight is 1890 g/mol. The SMILES string of the molecule is CC1(C)c2ccccc2Oc2cc(N(c3ccc(F)cc3)c3ccc(-c4ccc5c(c4)c4ccccc4n5-c4ccccc4)cc3)ccc21.CC1(C)c2ccccc2Oc2cc(N(c3ccccc3)c3ccc(-c4ccc5c(c4)c4ccccc4n5-c4ccccc4)cc3)ccc21.Cc1ccc(N(c2ccc(-c3ccc4c(c3)c3ccccc3n4-c3ccccc3)cc2)c2ccc3c(c2)Oc2ccccc2C3(C)C)cc1. The molecule has 24 aromatic rings. The zero-order valence-electron chi connectivity index (χ0n) is 82.1. The summed E-state index contributed by atoms with van der Waals surface area (Å²) >= 11 is 0. The third kappa shape index (κ3) is 15.8. The lowest BCUT2D eigenvalue weighted by Gasteiger charge is -2.35. The number of fused-ring (bicyclic) bond motifs is 15. The Balaban J connectivity index is 0.000000114. The summed E-state index contributed by atoms with van der Waals surface area (Å²) in [6.45, 7) is 15.7. The minimum absolute atomic E-state index is 0.156. The molecule has 702 valence electrons. The van der Waals surface area contributed by atoms with Gasteiger partial charge in [-0.05, 0) is 253 Å². The first-order valence-electron chi connectivity index (χ1n) is 50.1. The normalized spacial score (nSPS) is 13.1. The van der Waals surface area contributed by atoms with Crippen molar-refractivity contribution in [3.05, 3.63) is 542 Å². The van der Waals surface area contributed by atoms with Crippen molar-refractivity contribution in [3.63, 3.8) is 0 Å². The zero-order chi connectivity index (χ0) is 98.5. The first-order valence-corrected chi connectivity index (χ1v) is 50.1. The Morgan fingerprint density at radius 3 is 0.719 bits per heavy atom. The summed E-state index contributed by atoms with van der Waals surface area (Å²) in [4.78, 5) is 6.77. The van der Waals surface area contributed by atoms with E-state index < -0.39 is 0 Å². The van der Waals surface area contributed by atoms with Crippen molar-refractivity contribution in [2.45, 2.75) is 64.7 Å². The fourth-order valence-corrected chi connectivity index (χ4v) is 22.4. The van der Waals surface area contributed by atoms with Crippen LogP contribution in [-0.4, -0.2) is 13.7 Å². The van der Waals surface area contributed by atoms with Gasteiger partial charge in [0, 0.05) is 168 Å². The van der Waals surface area contributed by atoms with Gasteiger partial charge in [-0.2, -0.15) is 0 Å². The van der Waals surface area contributed by atoms with Gasteiger partial charge in [-0.1, -0.05) is 314 Å². The number of ether oxygens (including phenoxy) is 3. The molecule has 0 amide bonds. The smallest absolute Gasteiger partial charge is 0.133 e. The number of rotatable bonds is 15. The molecule has 0 aliphatic carbocycles. The Bertz CT molecular complexity index is 8750. The second-order valence-electron chi connectivity index (χ2n) is 39.8. The Hall–Kier alpha value is -18.3. The van der Waals surface area contributed by atoms with E-state index in [1.807, 2.05) is 36.4 Å². The molecule has 9 nitrogen and oxygen atoms in total. The van der Waals surface area contributed by atoms with Gasteiger partial charge in [-0.15, -0.1) is 0 Å². The summed E-state index contributed by atoms with van der Waals surface area (Å²) in [6.07, 6.45) is 0. The largest absolute Gasteiger partial charge is 0.457 e. The van der Waals surface area contributed by atoms with Crippen LogP contribution in [0, 0.1) is 12.7 Å². The van der Waals surface area contributed by atoms with E-state index in [-0.39, 0.29) is 22.1 Å². The summed E-state index contributed by atoms with van der Waals surface area (Å²) in [6, 6.07) is 175. The van der Waals surface area contributed by atoms with Crippen LogP contribution >= 0.6 is 0 Å². The number of hydrogen-bond acceptors (Lipinski definition) is 6. The highest BCUT2D eigenvalue weighted by Gasteiger charge is 2.39. The van der Waals surface area contributed by atoms with Gasteiger partial charge in [0.05, 0.1) is 33.1 Å². The molecule has 3 aliphatic rings. The van der Waals surface area contributed by atoms with E-state index in [9.17, 15) is 4.39 Å². The summed E-state index contributed by atoms with van der Waals surface area (Å²) < 4.78 is 40.7. The molecule has 0 fully saturated rings. The molecular weight excluding hydrogens is 1780 g/mol. The van der Waals surface area contributed by atoms with Crippen molar-refractivity contribution in [1.82, 2.24) is 13.7 Å². The van der Waals surface area contributed by atoms with Gasteiger partial charge in [0.15, 0.2) is 0 Å². The average Bonchev–Trinajstić information content (AvgIpc) is 1.25. The van der Waals surface area contributed by atoms with Crippen LogP contribution < -0.4 is 28.9 Å². The minimum atomic E-state index is -0.268. The van der Waals surface area contributed by atoms with Crippen molar-refractivity contribution in [3.8, 4) is 84.9 Å². The molecule has 146 heavy (non-hydrogen) atoms. The fourth-order valence-electron chi connectivity index (χ4n) is 22.4. The molecule has 0 atom stereocenters. The number of benzene rings is 21. The second-order valence-corrected chi connectivity index (χ2v) is 39.8. The second kappa shape index (κ2) is 36.4. The van der Waals surface area contributed by atoms with Crippen LogP contribution in [0.2, 0.25) is 0 Å². The molecule has 0 N–H and O–H groups in total. The van der Waals surface area contributed by atoms with Crippen molar-refractivity contribution in [2.24, 2.45) is 0 Å². The predicted octanol–water partition coefficient (Wildman–Crippen LogP) is 37.5. The highest BCUT2D eigenvalue weighted by Crippen LogP contribution is 2.55. The van der Waals surface area contributed by atoms with Gasteiger partial charge in [0.25, 0.3) is 0 Å². The van der Waals surface area contributed by atoms with Gasteiger partial charge in [-0.25, -0.2) is 4.39 Å². The summed E-state index contributed by atoms with van der Waals surface area (Å²) in [5.74, 6) is 5.08. The van der Waals surface area contributed by atoms with E-state index in [1.54, 1.807) is 0 Å². The summed E-state index contributed by atoms with van der Waals surface area (Å²) in [7, 11) is 0. The lowest BCUT2D eigenvalue weighted by atomic mass is 9.76. The first kappa shape index (κ1) is 89.1. The predicted molar refractivity (Wildman–Crippen MR) is 603 cm³/mol. The van der Waals surface area contributed by atoms with Crippen LogP contribution in [0.15, 0.2) is 497 Å². The molecule has 27 rings (SSSR count). The molecule has 21 aromatic carbocycles. The molecule has 10 heteroatoms. The highest BCUT2D eigenvalue weighted by molar-refractivity contribution is 6.13. The number of anilines is 9. The van der Waals surface area contributed by atoms with Gasteiger partial charge in [0.2, 0.25) is 0 Å². The van der Waals surface area contributed by atoms with Crippen molar-refractivity contribution in [2.75, 3.05) is 14.7 Å². The van der Waals surface area contributed by atoms with Crippen LogP contribution in [0.1, 0.15) is 80.5 Å². The Labute approximate surface area is 849 Å². The van der Waals surface area contributed by atoms with E-state index in [0.717, 1.165) is 108 Å². The Kier molecular flexibility index (Phi) is 22.2. The van der Waals surface area contributed by atoms with Gasteiger partial charge < -0.3 is 42.6 Å². The van der Waals surface area contributed by atoms with Crippen LogP contribution in [0.4, 0.5) is 55.6 Å². The summed E-state index contributed by atoms with van der Waals surface area (Å²) in [5.41, 5.74) is 34.8. The molecule has 0 spiro atoms. The monoisotopic (exact) mass is 1890 g/mol.